The summed E-state index contributed by atoms with van der Waals surface area (Å²) in [5.74, 6) is 0.693. The van der Waals surface area contributed by atoms with Crippen LogP contribution in [0.25, 0.3) is 0 Å². The van der Waals surface area contributed by atoms with Gasteiger partial charge in [0, 0.05) is 18.8 Å². The van der Waals surface area contributed by atoms with E-state index in [2.05, 4.69) is 10.4 Å². The Morgan fingerprint density at radius 1 is 1.69 bits per heavy atom. The maximum Gasteiger partial charge on any atom is 0.266 e. The molecule has 0 aromatic carbocycles. The van der Waals surface area contributed by atoms with E-state index in [0.717, 1.165) is 25.2 Å². The van der Waals surface area contributed by atoms with E-state index in [1.165, 1.54) is 11.1 Å². The lowest BCUT2D eigenvalue weighted by Gasteiger charge is -2.04. The molecule has 2 rings (SSSR count). The summed E-state index contributed by atoms with van der Waals surface area (Å²) in [7, 11) is 1.75. The standard InChI is InChI=1S/C9H15N3O/c1-12-9(13)5-8(11-12)4-7-2-3-10-6-7/h5,7,10-11H,2-4,6H2,1H3. The van der Waals surface area contributed by atoms with E-state index < -0.39 is 0 Å². The number of hydrogen-bond acceptors (Lipinski definition) is 2. The van der Waals surface area contributed by atoms with Gasteiger partial charge >= 0.3 is 0 Å². The van der Waals surface area contributed by atoms with Crippen molar-refractivity contribution in [2.75, 3.05) is 13.1 Å². The van der Waals surface area contributed by atoms with Crippen LogP contribution in [0.1, 0.15) is 12.1 Å². The van der Waals surface area contributed by atoms with Crippen LogP contribution in [0.5, 0.6) is 0 Å². The zero-order valence-electron chi connectivity index (χ0n) is 7.84. The van der Waals surface area contributed by atoms with Gasteiger partial charge in [0.15, 0.2) is 0 Å². The lowest BCUT2D eigenvalue weighted by molar-refractivity contribution is 0.564. The maximum absolute atomic E-state index is 11.1. The molecular formula is C9H15N3O. The Labute approximate surface area is 76.9 Å². The highest BCUT2D eigenvalue weighted by Crippen LogP contribution is 2.12. The SMILES string of the molecule is Cn1[nH]c(CC2CCNC2)cc1=O. The van der Waals surface area contributed by atoms with Crippen LogP contribution in [0.2, 0.25) is 0 Å². The van der Waals surface area contributed by atoms with Crippen molar-refractivity contribution in [2.45, 2.75) is 12.8 Å². The second-order valence-electron chi connectivity index (χ2n) is 3.74. The third-order valence-electron chi connectivity index (χ3n) is 2.61. The lowest BCUT2D eigenvalue weighted by atomic mass is 10.0. The number of nitrogens with one attached hydrogen (secondary N) is 2. The summed E-state index contributed by atoms with van der Waals surface area (Å²) in [6.45, 7) is 2.19. The van der Waals surface area contributed by atoms with Gasteiger partial charge < -0.3 is 5.32 Å². The summed E-state index contributed by atoms with van der Waals surface area (Å²) >= 11 is 0. The highest BCUT2D eigenvalue weighted by atomic mass is 16.1. The van der Waals surface area contributed by atoms with Crippen molar-refractivity contribution in [3.63, 3.8) is 0 Å². The van der Waals surface area contributed by atoms with Crippen molar-refractivity contribution in [3.05, 3.63) is 22.1 Å². The zero-order valence-corrected chi connectivity index (χ0v) is 7.84. The fourth-order valence-electron chi connectivity index (χ4n) is 1.85. The fourth-order valence-corrected chi connectivity index (χ4v) is 1.85. The second kappa shape index (κ2) is 3.38. The summed E-state index contributed by atoms with van der Waals surface area (Å²) in [5.41, 5.74) is 1.11. The first kappa shape index (κ1) is 8.56. The summed E-state index contributed by atoms with van der Waals surface area (Å²) in [4.78, 5) is 11.1. The van der Waals surface area contributed by atoms with Crippen molar-refractivity contribution < 1.29 is 0 Å². The molecule has 0 saturated carbocycles. The first-order valence-corrected chi connectivity index (χ1v) is 4.71. The molecule has 4 nitrogen and oxygen atoms in total. The molecule has 1 aromatic rings. The summed E-state index contributed by atoms with van der Waals surface area (Å²) in [6.07, 6.45) is 2.21. The third kappa shape index (κ3) is 1.83. The third-order valence-corrected chi connectivity index (χ3v) is 2.61. The zero-order chi connectivity index (χ0) is 9.26. The molecule has 1 fully saturated rings. The number of aromatic amines is 1. The molecule has 72 valence electrons. The van der Waals surface area contributed by atoms with Gasteiger partial charge in [0.25, 0.3) is 5.56 Å². The van der Waals surface area contributed by atoms with E-state index in [1.807, 2.05) is 0 Å². The van der Waals surface area contributed by atoms with Crippen LogP contribution in [-0.4, -0.2) is 22.9 Å². The first-order chi connectivity index (χ1) is 6.25. The molecule has 4 heteroatoms. The summed E-state index contributed by atoms with van der Waals surface area (Å²) in [6, 6.07) is 1.69. The Kier molecular flexibility index (Phi) is 2.22. The van der Waals surface area contributed by atoms with Crippen LogP contribution in [0.3, 0.4) is 0 Å². The van der Waals surface area contributed by atoms with Gasteiger partial charge in [0.2, 0.25) is 0 Å². The summed E-state index contributed by atoms with van der Waals surface area (Å²) in [5, 5.41) is 6.36. The first-order valence-electron chi connectivity index (χ1n) is 4.71. The molecular weight excluding hydrogens is 166 g/mol. The minimum Gasteiger partial charge on any atom is -0.316 e. The van der Waals surface area contributed by atoms with Gasteiger partial charge in [-0.25, -0.2) is 0 Å². The molecule has 0 radical (unpaired) electrons. The van der Waals surface area contributed by atoms with E-state index in [-0.39, 0.29) is 5.56 Å². The normalized spacial score (nSPS) is 22.4. The van der Waals surface area contributed by atoms with Crippen molar-refractivity contribution >= 4 is 0 Å². The van der Waals surface area contributed by atoms with Crippen molar-refractivity contribution in [1.29, 1.82) is 0 Å². The van der Waals surface area contributed by atoms with Crippen LogP contribution in [0.4, 0.5) is 0 Å². The average Bonchev–Trinajstić information content (AvgIpc) is 2.64. The van der Waals surface area contributed by atoms with Crippen LogP contribution >= 0.6 is 0 Å². The topological polar surface area (TPSA) is 49.8 Å². The molecule has 1 unspecified atom stereocenters. The quantitative estimate of drug-likeness (QED) is 0.667. The molecule has 1 aliphatic rings. The van der Waals surface area contributed by atoms with Crippen molar-refractivity contribution in [1.82, 2.24) is 15.1 Å². The minimum absolute atomic E-state index is 0.0564. The van der Waals surface area contributed by atoms with Crippen LogP contribution in [0, 0.1) is 5.92 Å². The van der Waals surface area contributed by atoms with Gasteiger partial charge in [0.05, 0.1) is 0 Å². The Hall–Kier alpha value is -1.03. The molecule has 13 heavy (non-hydrogen) atoms. The van der Waals surface area contributed by atoms with E-state index in [9.17, 15) is 4.79 Å². The number of aryl methyl sites for hydroxylation is 1. The average molecular weight is 181 g/mol. The van der Waals surface area contributed by atoms with Gasteiger partial charge in [-0.2, -0.15) is 0 Å². The fraction of sp³-hybridized carbons (Fsp3) is 0.667. The van der Waals surface area contributed by atoms with Gasteiger partial charge in [-0.1, -0.05) is 0 Å². The largest absolute Gasteiger partial charge is 0.316 e. The van der Waals surface area contributed by atoms with E-state index in [1.54, 1.807) is 13.1 Å². The van der Waals surface area contributed by atoms with Crippen molar-refractivity contribution in [2.24, 2.45) is 13.0 Å². The number of hydrogen-bond donors (Lipinski definition) is 2. The number of aromatic nitrogens is 2. The molecule has 0 aliphatic carbocycles. The van der Waals surface area contributed by atoms with E-state index in [0.29, 0.717) is 5.92 Å². The molecule has 0 bridgehead atoms. The summed E-state index contributed by atoms with van der Waals surface area (Å²) < 4.78 is 1.53. The highest BCUT2D eigenvalue weighted by molar-refractivity contribution is 5.01. The lowest BCUT2D eigenvalue weighted by Crippen LogP contribution is -2.11. The number of rotatable bonds is 2. The molecule has 0 amide bonds. The molecule has 1 atom stereocenters. The van der Waals surface area contributed by atoms with Gasteiger partial charge in [-0.3, -0.25) is 14.6 Å². The van der Waals surface area contributed by atoms with Gasteiger partial charge in [0.1, 0.15) is 0 Å². The van der Waals surface area contributed by atoms with Crippen LogP contribution < -0.4 is 10.9 Å². The predicted molar refractivity (Wildman–Crippen MR) is 50.7 cm³/mol. The second-order valence-corrected chi connectivity index (χ2v) is 3.74. The molecule has 0 spiro atoms. The highest BCUT2D eigenvalue weighted by Gasteiger charge is 2.15. The van der Waals surface area contributed by atoms with Crippen molar-refractivity contribution in [3.8, 4) is 0 Å². The van der Waals surface area contributed by atoms with E-state index >= 15 is 0 Å². The van der Waals surface area contributed by atoms with Crippen LogP contribution in [0.15, 0.2) is 10.9 Å². The maximum atomic E-state index is 11.1. The monoisotopic (exact) mass is 181 g/mol. The van der Waals surface area contributed by atoms with Gasteiger partial charge in [-0.05, 0) is 31.8 Å². The van der Waals surface area contributed by atoms with Gasteiger partial charge in [-0.15, -0.1) is 0 Å². The Morgan fingerprint density at radius 2 is 2.54 bits per heavy atom. The number of H-pyrrole nitrogens is 1. The Morgan fingerprint density at radius 3 is 3.08 bits per heavy atom. The van der Waals surface area contributed by atoms with E-state index in [4.69, 9.17) is 0 Å². The minimum atomic E-state index is 0.0564. The Bertz CT molecular complexity index is 333. The molecule has 1 aliphatic heterocycles. The predicted octanol–water partition coefficient (Wildman–Crippen LogP) is -0.135. The molecule has 2 heterocycles. The molecule has 2 N–H and O–H groups in total. The molecule has 1 aromatic heterocycles. The van der Waals surface area contributed by atoms with Crippen LogP contribution in [-0.2, 0) is 13.5 Å². The smallest absolute Gasteiger partial charge is 0.266 e. The Balaban J connectivity index is 2.04. The number of nitrogens with zero attached hydrogens (tertiary/aromatic N) is 1. The molecule has 1 saturated heterocycles.